The molecule has 1 N–H and O–H groups in total. The molecule has 4 heteroatoms. The Bertz CT molecular complexity index is 414. The molecular weight excluding hydrogens is 242 g/mol. The topological polar surface area (TPSA) is 47.6 Å². The minimum atomic E-state index is -0.305. The highest BCUT2D eigenvalue weighted by molar-refractivity contribution is 5.90. The van der Waals surface area contributed by atoms with Crippen molar-refractivity contribution in [1.82, 2.24) is 5.32 Å². The van der Waals surface area contributed by atoms with Crippen molar-refractivity contribution >= 4 is 5.97 Å². The van der Waals surface area contributed by atoms with Gasteiger partial charge in [-0.1, -0.05) is 18.2 Å². The lowest BCUT2D eigenvalue weighted by Crippen LogP contribution is -2.29. The molecule has 0 saturated carbocycles. The molecular formula is C15H21NO3. The number of hydrogen-bond acceptors (Lipinski definition) is 4. The van der Waals surface area contributed by atoms with Crippen LogP contribution in [0.1, 0.15) is 28.8 Å². The average Bonchev–Trinajstić information content (AvgIpc) is 2.48. The Kier molecular flexibility index (Phi) is 5.36. The predicted molar refractivity (Wildman–Crippen MR) is 73.0 cm³/mol. The van der Waals surface area contributed by atoms with Gasteiger partial charge in [0.2, 0.25) is 0 Å². The van der Waals surface area contributed by atoms with Crippen LogP contribution in [0.3, 0.4) is 0 Å². The highest BCUT2D eigenvalue weighted by Crippen LogP contribution is 2.15. The van der Waals surface area contributed by atoms with Crippen LogP contribution in [0.5, 0.6) is 0 Å². The molecule has 0 bridgehead atoms. The van der Waals surface area contributed by atoms with Crippen molar-refractivity contribution < 1.29 is 14.3 Å². The van der Waals surface area contributed by atoms with Gasteiger partial charge in [0.15, 0.2) is 0 Å². The van der Waals surface area contributed by atoms with Gasteiger partial charge in [-0.25, -0.2) is 4.79 Å². The van der Waals surface area contributed by atoms with E-state index in [9.17, 15) is 4.79 Å². The van der Waals surface area contributed by atoms with Crippen LogP contribution < -0.4 is 5.32 Å². The van der Waals surface area contributed by atoms with Gasteiger partial charge in [0.1, 0.15) is 0 Å². The van der Waals surface area contributed by atoms with E-state index in [0.29, 0.717) is 18.1 Å². The first-order valence-electron chi connectivity index (χ1n) is 6.76. The summed E-state index contributed by atoms with van der Waals surface area (Å²) in [5.41, 5.74) is 1.48. The Balaban J connectivity index is 1.86. The molecule has 1 aromatic carbocycles. The lowest BCUT2D eigenvalue weighted by Gasteiger charge is -2.22. The molecule has 1 heterocycles. The van der Waals surface area contributed by atoms with Crippen LogP contribution in [0.15, 0.2) is 24.3 Å². The summed E-state index contributed by atoms with van der Waals surface area (Å²) < 4.78 is 10.5. The van der Waals surface area contributed by atoms with Crippen molar-refractivity contribution in [2.45, 2.75) is 19.4 Å². The van der Waals surface area contributed by atoms with Crippen LogP contribution in [-0.4, -0.2) is 32.8 Å². The second kappa shape index (κ2) is 7.26. The minimum absolute atomic E-state index is 0.305. The largest absolute Gasteiger partial charge is 0.465 e. The Morgan fingerprint density at radius 3 is 2.79 bits per heavy atom. The Morgan fingerprint density at radius 2 is 2.05 bits per heavy atom. The third-order valence-corrected chi connectivity index (χ3v) is 3.49. The number of nitrogens with one attached hydrogen (secondary N) is 1. The number of carbonyl (C=O) groups is 1. The Labute approximate surface area is 114 Å². The van der Waals surface area contributed by atoms with E-state index < -0.39 is 0 Å². The van der Waals surface area contributed by atoms with Gasteiger partial charge in [0, 0.05) is 6.61 Å². The molecule has 4 nitrogen and oxygen atoms in total. The van der Waals surface area contributed by atoms with Gasteiger partial charge in [0.25, 0.3) is 0 Å². The van der Waals surface area contributed by atoms with Crippen molar-refractivity contribution in [2.75, 3.05) is 26.8 Å². The van der Waals surface area contributed by atoms with Crippen LogP contribution >= 0.6 is 0 Å². The molecule has 0 aromatic heterocycles. The summed E-state index contributed by atoms with van der Waals surface area (Å²) in [4.78, 5) is 11.6. The van der Waals surface area contributed by atoms with E-state index in [-0.39, 0.29) is 5.97 Å². The molecule has 19 heavy (non-hydrogen) atoms. The first-order valence-corrected chi connectivity index (χ1v) is 6.76. The second-order valence-electron chi connectivity index (χ2n) is 4.86. The maximum absolute atomic E-state index is 11.6. The maximum atomic E-state index is 11.6. The minimum Gasteiger partial charge on any atom is -0.465 e. The summed E-state index contributed by atoms with van der Waals surface area (Å²) >= 11 is 0. The zero-order valence-electron chi connectivity index (χ0n) is 11.4. The Hall–Kier alpha value is -1.39. The van der Waals surface area contributed by atoms with Crippen LogP contribution in [0, 0.1) is 5.92 Å². The molecule has 104 valence electrons. The molecule has 0 unspecified atom stereocenters. The molecule has 2 rings (SSSR count). The van der Waals surface area contributed by atoms with E-state index in [1.54, 1.807) is 6.07 Å². The summed E-state index contributed by atoms with van der Waals surface area (Å²) in [6.45, 7) is 3.38. The fraction of sp³-hybridized carbons (Fsp3) is 0.533. The monoisotopic (exact) mass is 263 g/mol. The van der Waals surface area contributed by atoms with E-state index in [4.69, 9.17) is 9.47 Å². The third kappa shape index (κ3) is 4.04. The molecule has 1 saturated heterocycles. The lowest BCUT2D eigenvalue weighted by molar-refractivity contribution is 0.0578. The molecule has 0 atom stereocenters. The fourth-order valence-corrected chi connectivity index (χ4v) is 2.34. The maximum Gasteiger partial charge on any atom is 0.338 e. The van der Waals surface area contributed by atoms with Crippen LogP contribution in [-0.2, 0) is 16.1 Å². The number of carbonyl (C=O) groups excluding carboxylic acids is 1. The van der Waals surface area contributed by atoms with Gasteiger partial charge in [-0.15, -0.1) is 0 Å². The summed E-state index contributed by atoms with van der Waals surface area (Å²) in [5.74, 6) is 0.326. The first kappa shape index (κ1) is 14.0. The molecule has 1 aromatic rings. The third-order valence-electron chi connectivity index (χ3n) is 3.49. The zero-order valence-corrected chi connectivity index (χ0v) is 11.4. The van der Waals surface area contributed by atoms with Crippen molar-refractivity contribution in [3.63, 3.8) is 0 Å². The molecule has 0 spiro atoms. The van der Waals surface area contributed by atoms with Gasteiger partial charge >= 0.3 is 5.97 Å². The number of ether oxygens (including phenoxy) is 2. The van der Waals surface area contributed by atoms with E-state index >= 15 is 0 Å². The summed E-state index contributed by atoms with van der Waals surface area (Å²) in [7, 11) is 1.40. The van der Waals surface area contributed by atoms with Crippen molar-refractivity contribution in [3.8, 4) is 0 Å². The molecule has 1 fully saturated rings. The number of methoxy groups -OCH3 is 1. The molecule has 1 aliphatic rings. The van der Waals surface area contributed by atoms with Crippen molar-refractivity contribution in [2.24, 2.45) is 5.92 Å². The number of hydrogen-bond donors (Lipinski definition) is 1. The van der Waals surface area contributed by atoms with Gasteiger partial charge in [-0.3, -0.25) is 0 Å². The van der Waals surface area contributed by atoms with Gasteiger partial charge in [0.05, 0.1) is 19.3 Å². The molecule has 0 radical (unpaired) electrons. The Morgan fingerprint density at radius 1 is 1.32 bits per heavy atom. The van der Waals surface area contributed by atoms with Crippen LogP contribution in [0.2, 0.25) is 0 Å². The molecule has 0 amide bonds. The SMILES string of the molecule is COC(=O)c1ccccc1COCC1CCNCC1. The number of piperidine rings is 1. The van der Waals surface area contributed by atoms with Gasteiger partial charge < -0.3 is 14.8 Å². The summed E-state index contributed by atoms with van der Waals surface area (Å²) in [6.07, 6.45) is 2.33. The number of benzene rings is 1. The van der Waals surface area contributed by atoms with E-state index in [2.05, 4.69) is 5.32 Å². The highest BCUT2D eigenvalue weighted by Gasteiger charge is 2.14. The number of esters is 1. The highest BCUT2D eigenvalue weighted by atomic mass is 16.5. The van der Waals surface area contributed by atoms with Crippen LogP contribution in [0.25, 0.3) is 0 Å². The van der Waals surface area contributed by atoms with Gasteiger partial charge in [-0.05, 0) is 43.5 Å². The zero-order chi connectivity index (χ0) is 13.5. The predicted octanol–water partition coefficient (Wildman–Crippen LogP) is 1.99. The van der Waals surface area contributed by atoms with Crippen molar-refractivity contribution in [1.29, 1.82) is 0 Å². The van der Waals surface area contributed by atoms with E-state index in [1.807, 2.05) is 18.2 Å². The fourth-order valence-electron chi connectivity index (χ4n) is 2.34. The van der Waals surface area contributed by atoms with E-state index in [1.165, 1.54) is 20.0 Å². The number of rotatable bonds is 5. The van der Waals surface area contributed by atoms with Crippen molar-refractivity contribution in [3.05, 3.63) is 35.4 Å². The quantitative estimate of drug-likeness (QED) is 0.825. The lowest BCUT2D eigenvalue weighted by atomic mass is 9.99. The second-order valence-corrected chi connectivity index (χ2v) is 4.86. The van der Waals surface area contributed by atoms with E-state index in [0.717, 1.165) is 25.3 Å². The summed E-state index contributed by atoms with van der Waals surface area (Å²) in [5, 5.41) is 3.34. The summed E-state index contributed by atoms with van der Waals surface area (Å²) in [6, 6.07) is 7.43. The normalized spacial score (nSPS) is 16.3. The first-order chi connectivity index (χ1) is 9.31. The van der Waals surface area contributed by atoms with Crippen LogP contribution in [0.4, 0.5) is 0 Å². The smallest absolute Gasteiger partial charge is 0.338 e. The average molecular weight is 263 g/mol. The standard InChI is InChI=1S/C15H21NO3/c1-18-15(17)14-5-3-2-4-13(14)11-19-10-12-6-8-16-9-7-12/h2-5,12,16H,6-11H2,1H3. The molecule has 1 aliphatic heterocycles. The molecule has 0 aliphatic carbocycles. The van der Waals surface area contributed by atoms with Gasteiger partial charge in [-0.2, -0.15) is 0 Å².